The summed E-state index contributed by atoms with van der Waals surface area (Å²) >= 11 is 6.45. The first-order chi connectivity index (χ1) is 20.8. The molecule has 4 aromatic carbocycles. The molecule has 9 heteroatoms. The third-order valence-electron chi connectivity index (χ3n) is 6.99. The van der Waals surface area contributed by atoms with Gasteiger partial charge in [0.25, 0.3) is 0 Å². The van der Waals surface area contributed by atoms with E-state index < -0.39 is 24.0 Å². The summed E-state index contributed by atoms with van der Waals surface area (Å²) in [6, 6.07) is 27.7. The molecule has 0 aliphatic heterocycles. The number of hydrogen-bond acceptors (Lipinski definition) is 7. The lowest BCUT2D eigenvalue weighted by molar-refractivity contribution is 0.0259. The number of hydrogen-bond donors (Lipinski definition) is 0. The van der Waals surface area contributed by atoms with E-state index in [9.17, 15) is 9.59 Å². The van der Waals surface area contributed by atoms with Crippen molar-refractivity contribution in [2.45, 2.75) is 32.3 Å². The Hall–Kier alpha value is -5.26. The molecule has 5 rings (SSSR count). The quantitative estimate of drug-likeness (QED) is 0.0972. The van der Waals surface area contributed by atoms with Crippen LogP contribution in [-0.2, 0) is 11.2 Å². The number of benzene rings is 4. The Labute approximate surface area is 253 Å². The van der Waals surface area contributed by atoms with Gasteiger partial charge in [0.05, 0.1) is 28.6 Å². The SMILES string of the molecule is [C-]#[N+]c1ccc(C[C@@H](c2nnc(-c3ccc(OC(=O)c4ccccc4)cc3)o2)[C@H](C)OC(=O)c2ccccc2)c(C)c1Cl. The summed E-state index contributed by atoms with van der Waals surface area (Å²) in [5.41, 5.74) is 3.46. The summed E-state index contributed by atoms with van der Waals surface area (Å²) in [5.74, 6) is -0.569. The Balaban J connectivity index is 1.39. The predicted octanol–water partition coefficient (Wildman–Crippen LogP) is 8.04. The van der Waals surface area contributed by atoms with Crippen molar-refractivity contribution in [3.05, 3.63) is 142 Å². The van der Waals surface area contributed by atoms with Gasteiger partial charge in [-0.3, -0.25) is 0 Å². The monoisotopic (exact) mass is 591 g/mol. The van der Waals surface area contributed by atoms with Crippen LogP contribution in [0.1, 0.15) is 50.6 Å². The second-order valence-electron chi connectivity index (χ2n) is 9.81. The third kappa shape index (κ3) is 6.80. The number of nitrogens with zero attached hydrogens (tertiary/aromatic N) is 3. The number of rotatable bonds is 9. The van der Waals surface area contributed by atoms with Gasteiger partial charge in [-0.15, -0.1) is 10.2 Å². The standard InChI is InChI=1S/C34H26ClN3O5/c1-21-26(16-19-29(36-3)30(21)35)20-28(22(2)41-33(39)24-10-6-4-7-11-24)32-38-37-31(43-32)23-14-17-27(18-15-23)42-34(40)25-12-8-5-9-13-25/h4-19,22,28H,20H2,1-2H3/t22-,28+/m0/s1. The molecule has 43 heavy (non-hydrogen) atoms. The molecule has 0 spiro atoms. The predicted molar refractivity (Wildman–Crippen MR) is 161 cm³/mol. The average molecular weight is 592 g/mol. The van der Waals surface area contributed by atoms with Crippen LogP contribution in [0.25, 0.3) is 16.3 Å². The van der Waals surface area contributed by atoms with Crippen LogP contribution < -0.4 is 4.74 Å². The normalized spacial score (nSPS) is 12.1. The van der Waals surface area contributed by atoms with Crippen molar-refractivity contribution >= 4 is 29.2 Å². The molecule has 2 atom stereocenters. The fourth-order valence-electron chi connectivity index (χ4n) is 4.51. The Morgan fingerprint density at radius 3 is 2.14 bits per heavy atom. The molecule has 0 radical (unpaired) electrons. The van der Waals surface area contributed by atoms with E-state index in [0.29, 0.717) is 39.6 Å². The molecule has 1 aromatic heterocycles. The highest BCUT2D eigenvalue weighted by Gasteiger charge is 2.30. The molecule has 0 aliphatic rings. The van der Waals surface area contributed by atoms with Gasteiger partial charge in [-0.2, -0.15) is 0 Å². The maximum atomic E-state index is 12.9. The van der Waals surface area contributed by atoms with E-state index in [1.807, 2.05) is 25.1 Å². The first-order valence-electron chi connectivity index (χ1n) is 13.5. The fourth-order valence-corrected chi connectivity index (χ4v) is 4.74. The third-order valence-corrected chi connectivity index (χ3v) is 7.46. The summed E-state index contributed by atoms with van der Waals surface area (Å²) < 4.78 is 17.4. The van der Waals surface area contributed by atoms with Gasteiger partial charge in [-0.05, 0) is 79.9 Å². The first-order valence-corrected chi connectivity index (χ1v) is 13.8. The highest BCUT2D eigenvalue weighted by Crippen LogP contribution is 2.35. The molecular weight excluding hydrogens is 566 g/mol. The van der Waals surface area contributed by atoms with Crippen molar-refractivity contribution in [1.82, 2.24) is 10.2 Å². The van der Waals surface area contributed by atoms with Crippen LogP contribution in [0, 0.1) is 13.5 Å². The van der Waals surface area contributed by atoms with Crippen molar-refractivity contribution < 1.29 is 23.5 Å². The Morgan fingerprint density at radius 1 is 0.884 bits per heavy atom. The van der Waals surface area contributed by atoms with Gasteiger partial charge in [-0.1, -0.05) is 60.1 Å². The van der Waals surface area contributed by atoms with Crippen LogP contribution >= 0.6 is 11.6 Å². The molecule has 214 valence electrons. The van der Waals surface area contributed by atoms with Gasteiger partial charge in [0.15, 0.2) is 0 Å². The van der Waals surface area contributed by atoms with E-state index in [-0.39, 0.29) is 11.8 Å². The molecule has 0 aliphatic carbocycles. The van der Waals surface area contributed by atoms with Gasteiger partial charge >= 0.3 is 11.9 Å². The van der Waals surface area contributed by atoms with E-state index in [1.54, 1.807) is 85.8 Å². The largest absolute Gasteiger partial charge is 0.458 e. The molecule has 0 fully saturated rings. The molecule has 0 unspecified atom stereocenters. The van der Waals surface area contributed by atoms with E-state index in [1.165, 1.54) is 0 Å². The number of ether oxygens (including phenoxy) is 2. The first kappa shape index (κ1) is 29.2. The highest BCUT2D eigenvalue weighted by molar-refractivity contribution is 6.34. The lowest BCUT2D eigenvalue weighted by Crippen LogP contribution is -2.25. The fraction of sp³-hybridized carbons (Fsp3) is 0.147. The number of carbonyl (C=O) groups excluding carboxylic acids is 2. The van der Waals surface area contributed by atoms with Gasteiger partial charge < -0.3 is 13.9 Å². The van der Waals surface area contributed by atoms with Crippen LogP contribution in [0.15, 0.2) is 101 Å². The van der Waals surface area contributed by atoms with Crippen LogP contribution in [0.5, 0.6) is 5.75 Å². The number of carbonyl (C=O) groups is 2. The van der Waals surface area contributed by atoms with Crippen molar-refractivity contribution in [3.63, 3.8) is 0 Å². The minimum absolute atomic E-state index is 0.251. The lowest BCUT2D eigenvalue weighted by atomic mass is 9.92. The van der Waals surface area contributed by atoms with Crippen LogP contribution in [0.4, 0.5) is 5.69 Å². The minimum atomic E-state index is -0.653. The zero-order chi connectivity index (χ0) is 30.3. The number of halogens is 1. The number of esters is 2. The molecule has 1 heterocycles. The van der Waals surface area contributed by atoms with Crippen molar-refractivity contribution in [3.8, 4) is 17.2 Å². The Kier molecular flexibility index (Phi) is 8.94. The Morgan fingerprint density at radius 2 is 1.51 bits per heavy atom. The van der Waals surface area contributed by atoms with Gasteiger partial charge in [0.2, 0.25) is 17.5 Å². The lowest BCUT2D eigenvalue weighted by Gasteiger charge is -2.22. The van der Waals surface area contributed by atoms with E-state index >= 15 is 0 Å². The number of aromatic nitrogens is 2. The Bertz CT molecular complexity index is 1780. The molecule has 8 nitrogen and oxygen atoms in total. The maximum absolute atomic E-state index is 12.9. The van der Waals surface area contributed by atoms with Crippen molar-refractivity contribution in [2.75, 3.05) is 0 Å². The smallest absolute Gasteiger partial charge is 0.343 e. The highest BCUT2D eigenvalue weighted by atomic mass is 35.5. The second kappa shape index (κ2) is 13.1. The van der Waals surface area contributed by atoms with Crippen LogP contribution in [0.3, 0.4) is 0 Å². The minimum Gasteiger partial charge on any atom is -0.458 e. The zero-order valence-corrected chi connectivity index (χ0v) is 24.1. The topological polar surface area (TPSA) is 95.9 Å². The molecule has 0 saturated heterocycles. The van der Waals surface area contributed by atoms with Crippen molar-refractivity contribution in [1.29, 1.82) is 0 Å². The van der Waals surface area contributed by atoms with Gasteiger partial charge in [0.1, 0.15) is 11.9 Å². The zero-order valence-electron chi connectivity index (χ0n) is 23.4. The van der Waals surface area contributed by atoms with E-state index in [4.69, 9.17) is 32.1 Å². The van der Waals surface area contributed by atoms with Crippen molar-refractivity contribution in [2.24, 2.45) is 0 Å². The van der Waals surface area contributed by atoms with Crippen LogP contribution in [-0.4, -0.2) is 28.2 Å². The molecule has 0 saturated carbocycles. The summed E-state index contributed by atoms with van der Waals surface area (Å²) in [6.07, 6.45) is -0.289. The maximum Gasteiger partial charge on any atom is 0.343 e. The van der Waals surface area contributed by atoms with Gasteiger partial charge in [0, 0.05) is 5.56 Å². The average Bonchev–Trinajstić information content (AvgIpc) is 3.53. The molecule has 0 bridgehead atoms. The van der Waals surface area contributed by atoms with E-state index in [2.05, 4.69) is 15.0 Å². The summed E-state index contributed by atoms with van der Waals surface area (Å²) in [5, 5.41) is 8.93. The molecule has 0 N–H and O–H groups in total. The second-order valence-corrected chi connectivity index (χ2v) is 10.2. The van der Waals surface area contributed by atoms with E-state index in [0.717, 1.165) is 11.1 Å². The summed E-state index contributed by atoms with van der Waals surface area (Å²) in [7, 11) is 0. The summed E-state index contributed by atoms with van der Waals surface area (Å²) in [4.78, 5) is 28.8. The van der Waals surface area contributed by atoms with Crippen LogP contribution in [0.2, 0.25) is 5.02 Å². The summed E-state index contributed by atoms with van der Waals surface area (Å²) in [6.45, 7) is 11.0. The molecule has 5 aromatic rings. The van der Waals surface area contributed by atoms with Gasteiger partial charge in [-0.25, -0.2) is 14.4 Å². The molecular formula is C34H26ClN3O5. The molecule has 0 amide bonds.